The van der Waals surface area contributed by atoms with Crippen LogP contribution in [0.2, 0.25) is 0 Å². The first kappa shape index (κ1) is 12.0. The highest BCUT2D eigenvalue weighted by Crippen LogP contribution is 2.26. The Hall–Kier alpha value is -2.49. The van der Waals surface area contributed by atoms with Gasteiger partial charge in [0.1, 0.15) is 11.5 Å². The van der Waals surface area contributed by atoms with E-state index < -0.39 is 0 Å². The Morgan fingerprint density at radius 2 is 1.56 bits per heavy atom. The van der Waals surface area contributed by atoms with E-state index in [0.29, 0.717) is 11.3 Å². The number of aromatic hydroxyl groups is 2. The third-order valence-corrected chi connectivity index (χ3v) is 2.51. The fourth-order valence-electron chi connectivity index (χ4n) is 1.62. The standard InChI is InChI=1S/C14H14N2O2/c1-10(14-12(17)8-5-9-13(14)18)15-16-11-6-3-2-4-7-11/h2-9,16-18H,1H3. The first-order valence-electron chi connectivity index (χ1n) is 5.55. The molecule has 0 aliphatic heterocycles. The molecule has 0 heterocycles. The highest BCUT2D eigenvalue weighted by molar-refractivity contribution is 6.03. The number of anilines is 1. The van der Waals surface area contributed by atoms with Gasteiger partial charge in [-0.25, -0.2) is 0 Å². The van der Waals surface area contributed by atoms with Crippen LogP contribution in [0.1, 0.15) is 12.5 Å². The second-order valence-electron chi connectivity index (χ2n) is 3.85. The molecule has 0 aliphatic rings. The Morgan fingerprint density at radius 3 is 2.17 bits per heavy atom. The number of hydrazone groups is 1. The maximum atomic E-state index is 9.69. The molecule has 18 heavy (non-hydrogen) atoms. The Bertz CT molecular complexity index is 545. The zero-order chi connectivity index (χ0) is 13.0. The molecule has 0 spiro atoms. The molecule has 0 aromatic heterocycles. The van der Waals surface area contributed by atoms with Crippen molar-refractivity contribution in [2.75, 3.05) is 5.43 Å². The summed E-state index contributed by atoms with van der Waals surface area (Å²) in [6.45, 7) is 1.71. The Balaban J connectivity index is 2.24. The normalized spacial score (nSPS) is 11.3. The predicted molar refractivity (Wildman–Crippen MR) is 72.0 cm³/mol. The lowest BCUT2D eigenvalue weighted by Gasteiger charge is -2.07. The summed E-state index contributed by atoms with van der Waals surface area (Å²) in [6, 6.07) is 14.0. The van der Waals surface area contributed by atoms with E-state index in [9.17, 15) is 10.2 Å². The molecule has 0 fully saturated rings. The van der Waals surface area contributed by atoms with Gasteiger partial charge in [0.15, 0.2) is 0 Å². The van der Waals surface area contributed by atoms with E-state index >= 15 is 0 Å². The summed E-state index contributed by atoms with van der Waals surface area (Å²) in [4.78, 5) is 0. The van der Waals surface area contributed by atoms with Crippen molar-refractivity contribution in [3.05, 3.63) is 54.1 Å². The molecule has 2 aromatic carbocycles. The van der Waals surface area contributed by atoms with Crippen LogP contribution in [0.15, 0.2) is 53.6 Å². The fourth-order valence-corrected chi connectivity index (χ4v) is 1.62. The molecule has 0 radical (unpaired) electrons. The average molecular weight is 242 g/mol. The smallest absolute Gasteiger partial charge is 0.128 e. The lowest BCUT2D eigenvalue weighted by Crippen LogP contribution is -2.00. The number of benzene rings is 2. The van der Waals surface area contributed by atoms with Crippen LogP contribution in [-0.2, 0) is 0 Å². The number of para-hydroxylation sites is 1. The van der Waals surface area contributed by atoms with Gasteiger partial charge in [-0.05, 0) is 31.2 Å². The van der Waals surface area contributed by atoms with Gasteiger partial charge in [0.05, 0.1) is 17.0 Å². The number of hydrogen-bond donors (Lipinski definition) is 3. The van der Waals surface area contributed by atoms with Crippen LogP contribution in [-0.4, -0.2) is 15.9 Å². The molecule has 92 valence electrons. The number of phenolic OH excluding ortho intramolecular Hbond substituents is 2. The number of phenols is 2. The average Bonchev–Trinajstić information content (AvgIpc) is 2.37. The summed E-state index contributed by atoms with van der Waals surface area (Å²) in [5, 5.41) is 23.5. The van der Waals surface area contributed by atoms with Crippen LogP contribution >= 0.6 is 0 Å². The number of hydrogen-bond acceptors (Lipinski definition) is 4. The van der Waals surface area contributed by atoms with Crippen molar-refractivity contribution < 1.29 is 10.2 Å². The van der Waals surface area contributed by atoms with E-state index in [1.54, 1.807) is 13.0 Å². The number of rotatable bonds is 3. The van der Waals surface area contributed by atoms with Gasteiger partial charge in [0, 0.05) is 0 Å². The third-order valence-electron chi connectivity index (χ3n) is 2.51. The van der Waals surface area contributed by atoms with Gasteiger partial charge in [0.25, 0.3) is 0 Å². The molecule has 0 saturated heterocycles. The van der Waals surface area contributed by atoms with E-state index in [-0.39, 0.29) is 11.5 Å². The van der Waals surface area contributed by atoms with Crippen LogP contribution in [0.25, 0.3) is 0 Å². The SMILES string of the molecule is CC(=NNc1ccccc1)c1c(O)cccc1O. The quantitative estimate of drug-likeness (QED) is 0.572. The summed E-state index contributed by atoms with van der Waals surface area (Å²) in [5.74, 6) is 0.0113. The summed E-state index contributed by atoms with van der Waals surface area (Å²) < 4.78 is 0. The number of nitrogens with one attached hydrogen (secondary N) is 1. The van der Waals surface area contributed by atoms with Crippen LogP contribution in [0, 0.1) is 0 Å². The van der Waals surface area contributed by atoms with E-state index in [4.69, 9.17) is 0 Å². The van der Waals surface area contributed by atoms with Crippen LogP contribution in [0.3, 0.4) is 0 Å². The first-order chi connectivity index (χ1) is 8.68. The molecule has 4 heteroatoms. The lowest BCUT2D eigenvalue weighted by atomic mass is 10.1. The Kier molecular flexibility index (Phi) is 3.48. The van der Waals surface area contributed by atoms with Crippen LogP contribution in [0.5, 0.6) is 11.5 Å². The molecule has 3 N–H and O–H groups in total. The van der Waals surface area contributed by atoms with Gasteiger partial charge in [-0.3, -0.25) is 5.43 Å². The molecule has 2 rings (SSSR count). The minimum Gasteiger partial charge on any atom is -0.507 e. The van der Waals surface area contributed by atoms with Gasteiger partial charge in [-0.2, -0.15) is 5.10 Å². The van der Waals surface area contributed by atoms with E-state index in [2.05, 4.69) is 10.5 Å². The molecular weight excluding hydrogens is 228 g/mol. The number of nitrogens with zero attached hydrogens (tertiary/aromatic N) is 1. The van der Waals surface area contributed by atoms with Gasteiger partial charge in [0.2, 0.25) is 0 Å². The minimum atomic E-state index is 0.00566. The topological polar surface area (TPSA) is 64.9 Å². The molecule has 2 aromatic rings. The monoisotopic (exact) mass is 242 g/mol. The van der Waals surface area contributed by atoms with Crippen LogP contribution < -0.4 is 5.43 Å². The van der Waals surface area contributed by atoms with Crippen molar-refractivity contribution in [2.24, 2.45) is 5.10 Å². The summed E-state index contributed by atoms with van der Waals surface area (Å²) in [7, 11) is 0. The van der Waals surface area contributed by atoms with E-state index in [1.165, 1.54) is 12.1 Å². The van der Waals surface area contributed by atoms with Crippen molar-refractivity contribution in [3.8, 4) is 11.5 Å². The van der Waals surface area contributed by atoms with Crippen molar-refractivity contribution in [3.63, 3.8) is 0 Å². The zero-order valence-electron chi connectivity index (χ0n) is 9.96. The molecule has 0 bridgehead atoms. The lowest BCUT2D eigenvalue weighted by molar-refractivity contribution is 0.448. The fraction of sp³-hybridized carbons (Fsp3) is 0.0714. The van der Waals surface area contributed by atoms with Gasteiger partial charge in [-0.15, -0.1) is 0 Å². The second kappa shape index (κ2) is 5.23. The largest absolute Gasteiger partial charge is 0.507 e. The van der Waals surface area contributed by atoms with Gasteiger partial charge < -0.3 is 10.2 Å². The molecule has 0 saturated carbocycles. The van der Waals surface area contributed by atoms with Crippen molar-refractivity contribution >= 4 is 11.4 Å². The highest BCUT2D eigenvalue weighted by atomic mass is 16.3. The Labute approximate surface area is 105 Å². The molecule has 0 aliphatic carbocycles. The summed E-state index contributed by atoms with van der Waals surface area (Å²) in [6.07, 6.45) is 0. The van der Waals surface area contributed by atoms with Crippen molar-refractivity contribution in [1.29, 1.82) is 0 Å². The molecule has 0 amide bonds. The zero-order valence-corrected chi connectivity index (χ0v) is 9.96. The van der Waals surface area contributed by atoms with Gasteiger partial charge >= 0.3 is 0 Å². The predicted octanol–water partition coefficient (Wildman–Crippen LogP) is 2.93. The van der Waals surface area contributed by atoms with Crippen LogP contribution in [0.4, 0.5) is 5.69 Å². The molecule has 0 atom stereocenters. The van der Waals surface area contributed by atoms with E-state index in [1.807, 2.05) is 30.3 Å². The maximum absolute atomic E-state index is 9.69. The summed E-state index contributed by atoms with van der Waals surface area (Å²) in [5.41, 5.74) is 4.55. The van der Waals surface area contributed by atoms with E-state index in [0.717, 1.165) is 5.69 Å². The highest BCUT2D eigenvalue weighted by Gasteiger charge is 2.09. The maximum Gasteiger partial charge on any atom is 0.128 e. The van der Waals surface area contributed by atoms with Gasteiger partial charge in [-0.1, -0.05) is 24.3 Å². The molecule has 4 nitrogen and oxygen atoms in total. The minimum absolute atomic E-state index is 0.00566. The molecular formula is C14H14N2O2. The Morgan fingerprint density at radius 1 is 0.944 bits per heavy atom. The first-order valence-corrected chi connectivity index (χ1v) is 5.55. The van der Waals surface area contributed by atoms with Crippen molar-refractivity contribution in [1.82, 2.24) is 0 Å². The molecule has 0 unspecified atom stereocenters. The third kappa shape index (κ3) is 2.60. The van der Waals surface area contributed by atoms with Crippen molar-refractivity contribution in [2.45, 2.75) is 6.92 Å². The second-order valence-corrected chi connectivity index (χ2v) is 3.85. The summed E-state index contributed by atoms with van der Waals surface area (Å²) >= 11 is 0.